The van der Waals surface area contributed by atoms with E-state index in [9.17, 15) is 13.2 Å². The van der Waals surface area contributed by atoms with Crippen LogP contribution >= 0.6 is 11.6 Å². The Morgan fingerprint density at radius 3 is 2.68 bits per heavy atom. The standard InChI is InChI=1S/C11H10ClF3N4/c1-19-3-2-16-10(19)6-17-9-5-7(11(13,14)15)4-8(12)18-9/h2-5H,6H2,1H3,(H,17,18). The summed E-state index contributed by atoms with van der Waals surface area (Å²) in [4.78, 5) is 7.84. The molecule has 0 spiro atoms. The van der Waals surface area contributed by atoms with Gasteiger partial charge >= 0.3 is 6.18 Å². The minimum absolute atomic E-state index is 0.0582. The van der Waals surface area contributed by atoms with Crippen molar-refractivity contribution < 1.29 is 13.2 Å². The van der Waals surface area contributed by atoms with Gasteiger partial charge in [-0.25, -0.2) is 9.97 Å². The van der Waals surface area contributed by atoms with E-state index in [0.29, 0.717) is 5.82 Å². The van der Waals surface area contributed by atoms with Crippen LogP contribution in [0.1, 0.15) is 11.4 Å². The van der Waals surface area contributed by atoms with E-state index in [2.05, 4.69) is 15.3 Å². The second-order valence-electron chi connectivity index (χ2n) is 3.87. The molecule has 0 aliphatic carbocycles. The van der Waals surface area contributed by atoms with Crippen LogP contribution in [0.4, 0.5) is 19.0 Å². The van der Waals surface area contributed by atoms with Crippen molar-refractivity contribution in [2.45, 2.75) is 12.7 Å². The first-order valence-electron chi connectivity index (χ1n) is 5.31. The second kappa shape index (κ2) is 5.08. The third-order valence-electron chi connectivity index (χ3n) is 2.47. The lowest BCUT2D eigenvalue weighted by Gasteiger charge is -2.10. The molecule has 0 aliphatic heterocycles. The predicted molar refractivity (Wildman–Crippen MR) is 64.8 cm³/mol. The summed E-state index contributed by atoms with van der Waals surface area (Å²) in [6.45, 7) is 0.258. The highest BCUT2D eigenvalue weighted by atomic mass is 35.5. The number of nitrogens with one attached hydrogen (secondary N) is 1. The van der Waals surface area contributed by atoms with E-state index >= 15 is 0 Å². The highest BCUT2D eigenvalue weighted by Gasteiger charge is 2.31. The highest BCUT2D eigenvalue weighted by molar-refractivity contribution is 6.29. The van der Waals surface area contributed by atoms with E-state index in [-0.39, 0.29) is 17.5 Å². The summed E-state index contributed by atoms with van der Waals surface area (Å²) in [6, 6.07) is 1.70. The van der Waals surface area contributed by atoms with Gasteiger partial charge in [0, 0.05) is 19.4 Å². The van der Waals surface area contributed by atoms with E-state index in [0.717, 1.165) is 12.1 Å². The van der Waals surface area contributed by atoms with E-state index in [1.54, 1.807) is 24.0 Å². The number of anilines is 1. The van der Waals surface area contributed by atoms with Crippen LogP contribution in [-0.2, 0) is 19.8 Å². The number of halogens is 4. The SMILES string of the molecule is Cn1ccnc1CNc1cc(C(F)(F)F)cc(Cl)n1. The number of imidazole rings is 1. The van der Waals surface area contributed by atoms with Gasteiger partial charge in [-0.1, -0.05) is 11.6 Å². The summed E-state index contributed by atoms with van der Waals surface area (Å²) >= 11 is 5.58. The van der Waals surface area contributed by atoms with Crippen molar-refractivity contribution in [1.29, 1.82) is 0 Å². The molecule has 0 unspecified atom stereocenters. The van der Waals surface area contributed by atoms with Gasteiger partial charge < -0.3 is 9.88 Å². The first-order chi connectivity index (χ1) is 8.86. The van der Waals surface area contributed by atoms with Crippen molar-refractivity contribution in [3.8, 4) is 0 Å². The van der Waals surface area contributed by atoms with Gasteiger partial charge in [-0.3, -0.25) is 0 Å². The topological polar surface area (TPSA) is 42.7 Å². The zero-order valence-electron chi connectivity index (χ0n) is 9.87. The third kappa shape index (κ3) is 3.37. The number of aryl methyl sites for hydroxylation is 1. The van der Waals surface area contributed by atoms with Crippen LogP contribution in [0, 0.1) is 0 Å². The lowest BCUT2D eigenvalue weighted by molar-refractivity contribution is -0.137. The van der Waals surface area contributed by atoms with Gasteiger partial charge in [0.1, 0.15) is 16.8 Å². The van der Waals surface area contributed by atoms with Crippen LogP contribution in [0.5, 0.6) is 0 Å². The molecule has 2 heterocycles. The fourth-order valence-corrected chi connectivity index (χ4v) is 1.70. The average Bonchev–Trinajstić information content (AvgIpc) is 2.70. The molecule has 0 fully saturated rings. The molecular formula is C11H10ClF3N4. The first kappa shape index (κ1) is 13.7. The zero-order valence-corrected chi connectivity index (χ0v) is 10.6. The number of rotatable bonds is 3. The molecule has 0 saturated carbocycles. The van der Waals surface area contributed by atoms with E-state index in [1.807, 2.05) is 0 Å². The van der Waals surface area contributed by atoms with E-state index in [1.165, 1.54) is 0 Å². The van der Waals surface area contributed by atoms with Gasteiger partial charge in [0.2, 0.25) is 0 Å². The quantitative estimate of drug-likeness (QED) is 0.883. The van der Waals surface area contributed by atoms with Crippen molar-refractivity contribution in [2.24, 2.45) is 7.05 Å². The number of pyridine rings is 1. The largest absolute Gasteiger partial charge is 0.416 e. The summed E-state index contributed by atoms with van der Waals surface area (Å²) in [6.07, 6.45) is -1.11. The molecule has 1 N–H and O–H groups in total. The Kier molecular flexibility index (Phi) is 3.66. The third-order valence-corrected chi connectivity index (χ3v) is 2.66. The molecule has 0 amide bonds. The van der Waals surface area contributed by atoms with Crippen LogP contribution in [0.15, 0.2) is 24.5 Å². The molecule has 0 aromatic carbocycles. The van der Waals surface area contributed by atoms with Crippen LogP contribution in [0.3, 0.4) is 0 Å². The molecule has 0 saturated heterocycles. The number of alkyl halides is 3. The van der Waals surface area contributed by atoms with E-state index < -0.39 is 11.7 Å². The Morgan fingerprint density at radius 1 is 1.37 bits per heavy atom. The molecule has 0 atom stereocenters. The monoisotopic (exact) mass is 290 g/mol. The first-order valence-corrected chi connectivity index (χ1v) is 5.69. The molecular weight excluding hydrogens is 281 g/mol. The van der Waals surface area contributed by atoms with Gasteiger partial charge in [-0.2, -0.15) is 13.2 Å². The lowest BCUT2D eigenvalue weighted by atomic mass is 10.2. The average molecular weight is 291 g/mol. The molecule has 4 nitrogen and oxygen atoms in total. The highest BCUT2D eigenvalue weighted by Crippen LogP contribution is 2.31. The lowest BCUT2D eigenvalue weighted by Crippen LogP contribution is -2.10. The minimum atomic E-state index is -4.45. The number of nitrogens with zero attached hydrogens (tertiary/aromatic N) is 3. The van der Waals surface area contributed by atoms with Crippen molar-refractivity contribution in [1.82, 2.24) is 14.5 Å². The van der Waals surface area contributed by atoms with Gasteiger partial charge in [-0.05, 0) is 12.1 Å². The van der Waals surface area contributed by atoms with Gasteiger partial charge in [0.05, 0.1) is 12.1 Å². The molecule has 19 heavy (non-hydrogen) atoms. The van der Waals surface area contributed by atoms with Gasteiger partial charge in [0.15, 0.2) is 0 Å². The van der Waals surface area contributed by atoms with Crippen molar-refractivity contribution >= 4 is 17.4 Å². The summed E-state index contributed by atoms with van der Waals surface area (Å²) < 4.78 is 39.5. The predicted octanol–water partition coefficient (Wildman–Crippen LogP) is 3.10. The Morgan fingerprint density at radius 2 is 2.11 bits per heavy atom. The molecule has 2 aromatic rings. The molecule has 102 valence electrons. The number of hydrogen-bond donors (Lipinski definition) is 1. The van der Waals surface area contributed by atoms with E-state index in [4.69, 9.17) is 11.6 Å². The molecule has 0 radical (unpaired) electrons. The van der Waals surface area contributed by atoms with Crippen molar-refractivity contribution in [3.05, 3.63) is 41.1 Å². The Labute approximate surface area is 112 Å². The van der Waals surface area contributed by atoms with Crippen LogP contribution < -0.4 is 5.32 Å². The maximum atomic E-state index is 12.6. The van der Waals surface area contributed by atoms with Crippen LogP contribution in [-0.4, -0.2) is 14.5 Å². The Bertz CT molecular complexity index is 580. The maximum Gasteiger partial charge on any atom is 0.416 e. The Balaban J connectivity index is 2.17. The van der Waals surface area contributed by atoms with Crippen molar-refractivity contribution in [3.63, 3.8) is 0 Å². The Hall–Kier alpha value is -1.76. The molecule has 0 bridgehead atoms. The number of aromatic nitrogens is 3. The second-order valence-corrected chi connectivity index (χ2v) is 4.26. The van der Waals surface area contributed by atoms with Crippen molar-refractivity contribution in [2.75, 3.05) is 5.32 Å². The zero-order chi connectivity index (χ0) is 14.0. The van der Waals surface area contributed by atoms with Crippen LogP contribution in [0.2, 0.25) is 5.15 Å². The fourth-order valence-electron chi connectivity index (χ4n) is 1.49. The summed E-state index contributed by atoms with van der Waals surface area (Å²) in [7, 11) is 1.79. The molecule has 0 aliphatic rings. The fraction of sp³-hybridized carbons (Fsp3) is 0.273. The normalized spacial score (nSPS) is 11.6. The number of hydrogen-bond acceptors (Lipinski definition) is 3. The summed E-state index contributed by atoms with van der Waals surface area (Å²) in [5.41, 5.74) is -0.838. The molecule has 2 rings (SSSR count). The molecule has 2 aromatic heterocycles. The molecule has 8 heteroatoms. The van der Waals surface area contributed by atoms with Gasteiger partial charge in [-0.15, -0.1) is 0 Å². The smallest absolute Gasteiger partial charge is 0.363 e. The maximum absolute atomic E-state index is 12.6. The summed E-state index contributed by atoms with van der Waals surface area (Å²) in [5.74, 6) is 0.734. The van der Waals surface area contributed by atoms with Crippen LogP contribution in [0.25, 0.3) is 0 Å². The minimum Gasteiger partial charge on any atom is -0.363 e. The summed E-state index contributed by atoms with van der Waals surface area (Å²) in [5, 5.41) is 2.55. The van der Waals surface area contributed by atoms with Gasteiger partial charge in [0.25, 0.3) is 0 Å².